The Balaban J connectivity index is 4.77. The van der Waals surface area contributed by atoms with E-state index in [1.807, 2.05) is 0 Å². The summed E-state index contributed by atoms with van der Waals surface area (Å²) in [6, 6.07) is 0. The Morgan fingerprint density at radius 2 is 1.58 bits per heavy atom. The maximum atomic E-state index is 6.27. The second-order valence-corrected chi connectivity index (χ2v) is 31.4. The number of hydrogen-bond donors (Lipinski definition) is 0. The van der Waals surface area contributed by atoms with Gasteiger partial charge < -0.3 is 0 Å². The third-order valence-electron chi connectivity index (χ3n) is 3.45. The topological polar surface area (TPSA) is 9.23 Å². The Kier molecular flexibility index (Phi) is 9.84. The van der Waals surface area contributed by atoms with Gasteiger partial charge in [-0.25, -0.2) is 0 Å². The van der Waals surface area contributed by atoms with E-state index in [1.165, 1.54) is 38.1 Å². The summed E-state index contributed by atoms with van der Waals surface area (Å²) >= 11 is 1.84. The van der Waals surface area contributed by atoms with Gasteiger partial charge in [-0.2, -0.15) is 0 Å². The monoisotopic (exact) mass is 456 g/mol. The molecule has 0 radical (unpaired) electrons. The number of rotatable bonds is 10. The summed E-state index contributed by atoms with van der Waals surface area (Å²) in [5.41, 5.74) is 0. The zero-order valence-corrected chi connectivity index (χ0v) is 19.3. The first kappa shape index (κ1) is 20.2. The average molecular weight is 456 g/mol. The van der Waals surface area contributed by atoms with Crippen molar-refractivity contribution < 1.29 is 4.43 Å². The van der Waals surface area contributed by atoms with E-state index in [2.05, 4.69) is 59.7 Å². The van der Waals surface area contributed by atoms with Crippen LogP contribution in [-0.2, 0) is 4.43 Å². The van der Waals surface area contributed by atoms with Crippen LogP contribution in [0.25, 0.3) is 0 Å². The Morgan fingerprint density at radius 1 is 1.16 bits per heavy atom. The van der Waals surface area contributed by atoms with E-state index in [0.717, 1.165) is 0 Å². The van der Waals surface area contributed by atoms with E-state index in [1.54, 1.807) is 0 Å². The van der Waals surface area contributed by atoms with Gasteiger partial charge in [0.1, 0.15) is 0 Å². The van der Waals surface area contributed by atoms with E-state index >= 15 is 0 Å². The zero-order valence-electron chi connectivity index (χ0n) is 13.8. The third-order valence-corrected chi connectivity index (χ3v) is 24.2. The van der Waals surface area contributed by atoms with Gasteiger partial charge in [-0.1, -0.05) is 0 Å². The van der Waals surface area contributed by atoms with Crippen LogP contribution in [0.3, 0.4) is 0 Å². The van der Waals surface area contributed by atoms with Crippen LogP contribution in [0.4, 0.5) is 0 Å². The van der Waals surface area contributed by atoms with E-state index in [0.29, 0.717) is 0 Å². The summed E-state index contributed by atoms with van der Waals surface area (Å²) in [4.78, 5) is 0. The van der Waals surface area contributed by atoms with Crippen LogP contribution in [0.1, 0.15) is 46.5 Å². The van der Waals surface area contributed by atoms with Crippen LogP contribution in [0, 0.1) is 0 Å². The molecule has 0 spiro atoms. The molecule has 0 aliphatic rings. The van der Waals surface area contributed by atoms with E-state index in [4.69, 9.17) is 4.43 Å². The van der Waals surface area contributed by atoms with Crippen molar-refractivity contribution in [1.82, 2.24) is 0 Å². The molecule has 0 amide bonds. The molecular weight excluding hydrogens is 423 g/mol. The van der Waals surface area contributed by atoms with Crippen LogP contribution < -0.4 is 0 Å². The van der Waals surface area contributed by atoms with Crippen molar-refractivity contribution in [2.24, 2.45) is 0 Å². The summed E-state index contributed by atoms with van der Waals surface area (Å²) in [6.45, 7) is 18.0. The molecule has 0 N–H and O–H groups in total. The fourth-order valence-corrected chi connectivity index (χ4v) is 19.8. The first-order valence-electron chi connectivity index (χ1n) is 7.72. The van der Waals surface area contributed by atoms with E-state index < -0.39 is 24.5 Å². The summed E-state index contributed by atoms with van der Waals surface area (Å²) in [6.07, 6.45) is 5.49. The molecule has 114 valence electrons. The summed E-state index contributed by atoms with van der Waals surface area (Å²) in [5.74, 6) is 0. The fraction of sp³-hybridized carbons (Fsp3) is 0.867. The predicted molar refractivity (Wildman–Crippen MR) is 97.1 cm³/mol. The molecule has 0 aliphatic carbocycles. The van der Waals surface area contributed by atoms with Crippen molar-refractivity contribution in [2.45, 2.75) is 81.1 Å². The molecule has 0 bridgehead atoms. The maximum absolute atomic E-state index is 6.27. The van der Waals surface area contributed by atoms with Crippen LogP contribution >= 0.6 is 12.7 Å². The molecule has 4 heteroatoms. The molecule has 0 heterocycles. The summed E-state index contributed by atoms with van der Waals surface area (Å²) < 4.78 is 10.5. The number of halogens is 1. The average Bonchev–Trinajstić information content (AvgIpc) is 2.30. The van der Waals surface area contributed by atoms with Gasteiger partial charge in [0, 0.05) is 0 Å². The Labute approximate surface area is 132 Å². The van der Waals surface area contributed by atoms with Gasteiger partial charge in [-0.05, 0) is 0 Å². The van der Waals surface area contributed by atoms with Gasteiger partial charge in [-0.3, -0.25) is 0 Å². The number of unbranched alkanes of at least 4 members (excludes halogenated alkanes) is 2. The van der Waals surface area contributed by atoms with Crippen LogP contribution in [0.15, 0.2) is 10.2 Å². The van der Waals surface area contributed by atoms with Crippen LogP contribution in [0.5, 0.6) is 0 Å². The number of hydrogen-bond acceptors (Lipinski definition) is 1. The molecule has 0 aliphatic heterocycles. The standard InChI is InChI=1S/C7H15OSi.2C4H9.BrH.Sn/c1-6-7(2)8-9(3,4)5;2*1-3-4-2;;/h7H,1H2,2-5H3;2*1,3-4H2,2H3;1H;/q;;;;+1/p-1. The van der Waals surface area contributed by atoms with Gasteiger partial charge >= 0.3 is 133 Å². The van der Waals surface area contributed by atoms with Gasteiger partial charge in [0.2, 0.25) is 0 Å². The molecule has 19 heavy (non-hydrogen) atoms. The van der Waals surface area contributed by atoms with Crippen molar-refractivity contribution in [2.75, 3.05) is 0 Å². The molecule has 1 nitrogen and oxygen atoms in total. The quantitative estimate of drug-likeness (QED) is 0.353. The molecule has 1 atom stereocenters. The zero-order chi connectivity index (χ0) is 15.1. The van der Waals surface area contributed by atoms with Crippen LogP contribution in [-0.4, -0.2) is 30.6 Å². The van der Waals surface area contributed by atoms with Gasteiger partial charge in [0.15, 0.2) is 0 Å². The first-order chi connectivity index (χ1) is 8.66. The fourth-order valence-electron chi connectivity index (χ4n) is 2.33. The SMILES string of the molecule is C=[C](C(C)O[Si](C)(C)C)[Sn]([Br])([CH2]CCC)[CH2]CCC. The summed E-state index contributed by atoms with van der Waals surface area (Å²) in [5, 5.41) is 0. The molecule has 0 saturated carbocycles. The molecule has 0 aromatic carbocycles. The minimum atomic E-state index is -2.37. The normalized spacial score (nSPS) is 14.5. The van der Waals surface area contributed by atoms with Gasteiger partial charge in [-0.15, -0.1) is 0 Å². The van der Waals surface area contributed by atoms with Crippen molar-refractivity contribution in [3.05, 3.63) is 10.2 Å². The van der Waals surface area contributed by atoms with Crippen molar-refractivity contribution >= 4 is 37.2 Å². The first-order valence-corrected chi connectivity index (χ1v) is 23.0. The molecule has 0 rings (SSSR count). The molecule has 1 unspecified atom stereocenters. The van der Waals surface area contributed by atoms with Crippen molar-refractivity contribution in [1.29, 1.82) is 0 Å². The predicted octanol–water partition coefficient (Wildman–Crippen LogP) is 6.26. The molecule has 0 saturated heterocycles. The van der Waals surface area contributed by atoms with Crippen molar-refractivity contribution in [3.63, 3.8) is 0 Å². The van der Waals surface area contributed by atoms with E-state index in [9.17, 15) is 0 Å². The molecular formula is C15H33BrOSiSn. The molecule has 0 aromatic rings. The second-order valence-electron chi connectivity index (χ2n) is 6.57. The van der Waals surface area contributed by atoms with Gasteiger partial charge in [0.05, 0.1) is 0 Å². The third kappa shape index (κ3) is 8.27. The Bertz CT molecular complexity index is 268. The molecule has 0 aromatic heterocycles. The summed E-state index contributed by atoms with van der Waals surface area (Å²) in [7, 11) is -1.47. The Morgan fingerprint density at radius 3 is 1.89 bits per heavy atom. The molecule has 0 fully saturated rings. The van der Waals surface area contributed by atoms with Crippen molar-refractivity contribution in [3.8, 4) is 0 Å². The van der Waals surface area contributed by atoms with Crippen LogP contribution in [0.2, 0.25) is 28.5 Å². The van der Waals surface area contributed by atoms with E-state index in [-0.39, 0.29) is 6.10 Å². The second kappa shape index (κ2) is 9.26. The van der Waals surface area contributed by atoms with Gasteiger partial charge in [0.25, 0.3) is 0 Å². The Hall–Kier alpha value is 1.20. The minimum absolute atomic E-state index is 0.246.